The molecule has 0 aliphatic carbocycles. The third-order valence-electron chi connectivity index (χ3n) is 2.73. The van der Waals surface area contributed by atoms with Crippen molar-refractivity contribution in [2.75, 3.05) is 0 Å². The maximum absolute atomic E-state index is 10.8. The maximum atomic E-state index is 10.8. The predicted octanol–water partition coefficient (Wildman–Crippen LogP) is 3.61. The second kappa shape index (κ2) is 5.69. The first-order valence-corrected chi connectivity index (χ1v) is 5.65. The van der Waals surface area contributed by atoms with Gasteiger partial charge in [0, 0.05) is 6.42 Å². The fourth-order valence-electron chi connectivity index (χ4n) is 1.76. The molecule has 0 saturated carbocycles. The number of unbranched alkanes of at least 4 members (excludes halogenated alkanes) is 1. The largest absolute Gasteiger partial charge is 0.300 e. The van der Waals surface area contributed by atoms with E-state index in [1.54, 1.807) is 6.92 Å². The zero-order valence-electron chi connectivity index (χ0n) is 9.97. The van der Waals surface area contributed by atoms with E-state index < -0.39 is 0 Å². The van der Waals surface area contributed by atoms with Crippen LogP contribution < -0.4 is 0 Å². The van der Waals surface area contributed by atoms with Crippen LogP contribution in [0.25, 0.3) is 0 Å². The van der Waals surface area contributed by atoms with Gasteiger partial charge in [0.15, 0.2) is 0 Å². The number of Topliss-reactive ketones (excluding diaryl/α,β-unsaturated/α-hetero) is 1. The Labute approximate surface area is 92.5 Å². The van der Waals surface area contributed by atoms with E-state index >= 15 is 0 Å². The molecule has 15 heavy (non-hydrogen) atoms. The van der Waals surface area contributed by atoms with Crippen molar-refractivity contribution in [2.45, 2.75) is 46.5 Å². The number of ketones is 1. The van der Waals surface area contributed by atoms with E-state index in [-0.39, 0.29) is 0 Å². The molecule has 0 atom stereocenters. The van der Waals surface area contributed by atoms with Gasteiger partial charge in [0.05, 0.1) is 0 Å². The van der Waals surface area contributed by atoms with Crippen LogP contribution >= 0.6 is 0 Å². The summed E-state index contributed by atoms with van der Waals surface area (Å²) in [6.45, 7) is 5.94. The van der Waals surface area contributed by atoms with Crippen LogP contribution in [0.3, 0.4) is 0 Å². The summed E-state index contributed by atoms with van der Waals surface area (Å²) in [5.41, 5.74) is 4.11. The topological polar surface area (TPSA) is 17.1 Å². The predicted molar refractivity (Wildman–Crippen MR) is 64.2 cm³/mol. The van der Waals surface area contributed by atoms with E-state index in [1.807, 2.05) is 0 Å². The molecule has 0 amide bonds. The van der Waals surface area contributed by atoms with Gasteiger partial charge in [-0.2, -0.15) is 0 Å². The van der Waals surface area contributed by atoms with E-state index in [2.05, 4.69) is 32.0 Å². The van der Waals surface area contributed by atoms with Gasteiger partial charge in [-0.25, -0.2) is 0 Å². The van der Waals surface area contributed by atoms with Gasteiger partial charge >= 0.3 is 0 Å². The van der Waals surface area contributed by atoms with Crippen LogP contribution in [0.5, 0.6) is 0 Å². The highest BCUT2D eigenvalue weighted by Gasteiger charge is 1.99. The molecule has 0 aliphatic heterocycles. The van der Waals surface area contributed by atoms with Crippen molar-refractivity contribution in [3.8, 4) is 0 Å². The summed E-state index contributed by atoms with van der Waals surface area (Å²) in [5.74, 6) is 0.302. The van der Waals surface area contributed by atoms with Gasteiger partial charge in [0.25, 0.3) is 0 Å². The molecule has 0 unspecified atom stereocenters. The second-order valence-electron chi connectivity index (χ2n) is 4.34. The quantitative estimate of drug-likeness (QED) is 0.670. The fraction of sp³-hybridized carbons (Fsp3) is 0.500. The van der Waals surface area contributed by atoms with Gasteiger partial charge in [-0.1, -0.05) is 23.8 Å². The first-order chi connectivity index (χ1) is 7.09. The number of hydrogen-bond acceptors (Lipinski definition) is 1. The summed E-state index contributed by atoms with van der Waals surface area (Å²) in [7, 11) is 0. The maximum Gasteiger partial charge on any atom is 0.129 e. The van der Waals surface area contributed by atoms with Crippen molar-refractivity contribution in [3.05, 3.63) is 34.9 Å². The van der Waals surface area contributed by atoms with Crippen LogP contribution in [0.2, 0.25) is 0 Å². The summed E-state index contributed by atoms with van der Waals surface area (Å²) in [5, 5.41) is 0. The molecule has 1 rings (SSSR count). The van der Waals surface area contributed by atoms with Crippen molar-refractivity contribution in [1.29, 1.82) is 0 Å². The smallest absolute Gasteiger partial charge is 0.129 e. The lowest BCUT2D eigenvalue weighted by Crippen LogP contribution is -1.94. The number of benzene rings is 1. The highest BCUT2D eigenvalue weighted by Crippen LogP contribution is 2.14. The monoisotopic (exact) mass is 204 g/mol. The number of carbonyl (C=O) groups is 1. The lowest BCUT2D eigenvalue weighted by atomic mass is 10.00. The molecular formula is C14H20O. The zero-order valence-corrected chi connectivity index (χ0v) is 9.97. The lowest BCUT2D eigenvalue weighted by molar-refractivity contribution is -0.117. The van der Waals surface area contributed by atoms with Crippen LogP contribution in [-0.2, 0) is 11.2 Å². The number of carbonyl (C=O) groups excluding carboxylic acids is 1. The lowest BCUT2D eigenvalue weighted by Gasteiger charge is -2.06. The molecule has 0 aliphatic rings. The van der Waals surface area contributed by atoms with Crippen LogP contribution in [0.1, 0.15) is 42.9 Å². The van der Waals surface area contributed by atoms with Crippen LogP contribution in [0.15, 0.2) is 18.2 Å². The SMILES string of the molecule is CC(=O)CCCCc1cc(C)ccc1C. The summed E-state index contributed by atoms with van der Waals surface area (Å²) >= 11 is 0. The molecule has 1 aromatic rings. The molecule has 1 aromatic carbocycles. The molecule has 0 N–H and O–H groups in total. The van der Waals surface area contributed by atoms with Gasteiger partial charge in [-0.05, 0) is 51.2 Å². The Kier molecular flexibility index (Phi) is 4.54. The minimum Gasteiger partial charge on any atom is -0.300 e. The Morgan fingerprint density at radius 2 is 1.93 bits per heavy atom. The van der Waals surface area contributed by atoms with E-state index in [4.69, 9.17) is 0 Å². The Morgan fingerprint density at radius 1 is 1.20 bits per heavy atom. The third-order valence-corrected chi connectivity index (χ3v) is 2.73. The molecule has 0 heterocycles. The van der Waals surface area contributed by atoms with Gasteiger partial charge in [-0.15, -0.1) is 0 Å². The Hall–Kier alpha value is -1.11. The normalized spacial score (nSPS) is 10.3. The van der Waals surface area contributed by atoms with Gasteiger partial charge < -0.3 is 4.79 Å². The fourth-order valence-corrected chi connectivity index (χ4v) is 1.76. The molecule has 0 fully saturated rings. The second-order valence-corrected chi connectivity index (χ2v) is 4.34. The molecular weight excluding hydrogens is 184 g/mol. The zero-order chi connectivity index (χ0) is 11.3. The van der Waals surface area contributed by atoms with Gasteiger partial charge in [-0.3, -0.25) is 0 Å². The van der Waals surface area contributed by atoms with Crippen LogP contribution in [0.4, 0.5) is 0 Å². The average molecular weight is 204 g/mol. The first-order valence-electron chi connectivity index (χ1n) is 5.65. The molecule has 0 aromatic heterocycles. The Bertz CT molecular complexity index is 339. The molecule has 1 heteroatoms. The molecule has 1 nitrogen and oxygen atoms in total. The van der Waals surface area contributed by atoms with E-state index in [9.17, 15) is 4.79 Å². The minimum absolute atomic E-state index is 0.302. The van der Waals surface area contributed by atoms with Crippen molar-refractivity contribution in [3.63, 3.8) is 0 Å². The van der Waals surface area contributed by atoms with Crippen LogP contribution in [-0.4, -0.2) is 5.78 Å². The number of rotatable bonds is 5. The summed E-state index contributed by atoms with van der Waals surface area (Å²) in [4.78, 5) is 10.8. The summed E-state index contributed by atoms with van der Waals surface area (Å²) in [6, 6.07) is 6.58. The van der Waals surface area contributed by atoms with E-state index in [0.717, 1.165) is 25.7 Å². The van der Waals surface area contributed by atoms with Crippen molar-refractivity contribution < 1.29 is 4.79 Å². The summed E-state index contributed by atoms with van der Waals surface area (Å²) in [6.07, 6.45) is 3.96. The van der Waals surface area contributed by atoms with Crippen molar-refractivity contribution in [2.24, 2.45) is 0 Å². The minimum atomic E-state index is 0.302. The van der Waals surface area contributed by atoms with Gasteiger partial charge in [0.2, 0.25) is 0 Å². The molecule has 0 bridgehead atoms. The highest BCUT2D eigenvalue weighted by atomic mass is 16.1. The van der Waals surface area contributed by atoms with Gasteiger partial charge in [0.1, 0.15) is 5.78 Å². The number of hydrogen-bond donors (Lipinski definition) is 0. The standard InChI is InChI=1S/C14H20O/c1-11-8-9-12(2)14(10-11)7-5-4-6-13(3)15/h8-10H,4-7H2,1-3H3. The molecule has 82 valence electrons. The first kappa shape index (κ1) is 12.0. The average Bonchev–Trinajstić information content (AvgIpc) is 2.17. The van der Waals surface area contributed by atoms with E-state index in [0.29, 0.717) is 5.78 Å². The van der Waals surface area contributed by atoms with E-state index in [1.165, 1.54) is 16.7 Å². The summed E-state index contributed by atoms with van der Waals surface area (Å²) < 4.78 is 0. The molecule has 0 radical (unpaired) electrons. The van der Waals surface area contributed by atoms with Crippen molar-refractivity contribution >= 4 is 5.78 Å². The van der Waals surface area contributed by atoms with Crippen LogP contribution in [0, 0.1) is 13.8 Å². The Balaban J connectivity index is 2.43. The highest BCUT2D eigenvalue weighted by molar-refractivity contribution is 5.75. The molecule has 0 saturated heterocycles. The van der Waals surface area contributed by atoms with Crippen molar-refractivity contribution in [1.82, 2.24) is 0 Å². The third kappa shape index (κ3) is 4.28. The Morgan fingerprint density at radius 3 is 2.60 bits per heavy atom. The molecule has 0 spiro atoms. The number of aryl methyl sites for hydroxylation is 3.